The fraction of sp³-hybridized carbons (Fsp3) is 0.476. The largest absolute Gasteiger partial charge is 0.370 e. The molecular formula is C21H25N5O3. The molecule has 0 radical (unpaired) electrons. The first-order chi connectivity index (χ1) is 14.2. The summed E-state index contributed by atoms with van der Waals surface area (Å²) in [5, 5.41) is 0. The zero-order valence-electron chi connectivity index (χ0n) is 16.4. The molecule has 29 heavy (non-hydrogen) atoms. The van der Waals surface area contributed by atoms with Gasteiger partial charge in [-0.05, 0) is 25.3 Å². The van der Waals surface area contributed by atoms with E-state index in [0.717, 1.165) is 42.6 Å². The number of aromatic nitrogens is 3. The molecule has 1 atom stereocenters. The van der Waals surface area contributed by atoms with Crippen LogP contribution in [0.3, 0.4) is 0 Å². The minimum atomic E-state index is -0.0254. The Morgan fingerprint density at radius 2 is 1.97 bits per heavy atom. The van der Waals surface area contributed by atoms with Gasteiger partial charge < -0.3 is 14.5 Å². The van der Waals surface area contributed by atoms with Gasteiger partial charge >= 0.3 is 0 Å². The first-order valence-electron chi connectivity index (χ1n) is 10.1. The summed E-state index contributed by atoms with van der Waals surface area (Å²) in [6.07, 6.45) is 10.2. The second-order valence-corrected chi connectivity index (χ2v) is 7.38. The molecule has 8 nitrogen and oxygen atoms in total. The van der Waals surface area contributed by atoms with E-state index >= 15 is 0 Å². The highest BCUT2D eigenvalue weighted by atomic mass is 16.5. The van der Waals surface area contributed by atoms with Gasteiger partial charge in [-0.2, -0.15) is 0 Å². The number of carbonyl (C=O) groups excluding carboxylic acids is 2. The number of rotatable bonds is 7. The zero-order valence-corrected chi connectivity index (χ0v) is 16.4. The number of hydrogen-bond donors (Lipinski definition) is 0. The van der Waals surface area contributed by atoms with E-state index in [1.165, 1.54) is 6.33 Å². The monoisotopic (exact) mass is 395 g/mol. The lowest BCUT2D eigenvalue weighted by Gasteiger charge is -2.24. The Morgan fingerprint density at radius 3 is 2.69 bits per heavy atom. The highest BCUT2D eigenvalue weighted by Gasteiger charge is 2.31. The molecule has 2 aliphatic heterocycles. The molecule has 0 aliphatic carbocycles. The van der Waals surface area contributed by atoms with E-state index in [1.807, 2.05) is 17.0 Å². The molecule has 152 valence electrons. The third kappa shape index (κ3) is 4.59. The molecule has 2 aromatic rings. The van der Waals surface area contributed by atoms with Crippen LogP contribution in [0.5, 0.6) is 0 Å². The third-order valence-corrected chi connectivity index (χ3v) is 5.50. The van der Waals surface area contributed by atoms with Crippen LogP contribution in [0.25, 0.3) is 11.1 Å². The molecule has 2 aromatic heterocycles. The molecule has 1 unspecified atom stereocenters. The molecule has 2 amide bonds. The van der Waals surface area contributed by atoms with Crippen molar-refractivity contribution in [2.24, 2.45) is 0 Å². The van der Waals surface area contributed by atoms with Crippen LogP contribution in [0, 0.1) is 0 Å². The summed E-state index contributed by atoms with van der Waals surface area (Å²) in [5.41, 5.74) is 2.75. The normalized spacial score (nSPS) is 19.2. The predicted octanol–water partition coefficient (Wildman–Crippen LogP) is 1.84. The average Bonchev–Trinajstić information content (AvgIpc) is 3.41. The van der Waals surface area contributed by atoms with Gasteiger partial charge in [-0.25, -0.2) is 9.97 Å². The van der Waals surface area contributed by atoms with Crippen molar-refractivity contribution in [3.63, 3.8) is 0 Å². The van der Waals surface area contributed by atoms with Crippen molar-refractivity contribution in [3.05, 3.63) is 42.7 Å². The second kappa shape index (κ2) is 9.09. The molecule has 4 heterocycles. The van der Waals surface area contributed by atoms with Gasteiger partial charge in [0.05, 0.1) is 18.3 Å². The standard InChI is InChI=1S/C21H25N5O3/c27-20-4-2-7-25(20)9-10-29-14-21(28)26-8-1-3-19(26)18-6-5-16(13-24-18)17-11-22-15-23-12-17/h5-6,11-13,15,19H,1-4,7-10,14H2. The fourth-order valence-corrected chi connectivity index (χ4v) is 3.95. The minimum Gasteiger partial charge on any atom is -0.370 e. The topological polar surface area (TPSA) is 88.5 Å². The molecule has 0 spiro atoms. The summed E-state index contributed by atoms with van der Waals surface area (Å²) >= 11 is 0. The lowest BCUT2D eigenvalue weighted by Crippen LogP contribution is -2.35. The van der Waals surface area contributed by atoms with Gasteiger partial charge in [0.15, 0.2) is 0 Å². The maximum Gasteiger partial charge on any atom is 0.249 e. The number of likely N-dealkylation sites (tertiary alicyclic amines) is 2. The Morgan fingerprint density at radius 1 is 1.10 bits per heavy atom. The highest BCUT2D eigenvalue weighted by molar-refractivity contribution is 5.78. The molecular weight excluding hydrogens is 370 g/mol. The van der Waals surface area contributed by atoms with E-state index in [1.54, 1.807) is 23.5 Å². The predicted molar refractivity (Wildman–Crippen MR) is 106 cm³/mol. The third-order valence-electron chi connectivity index (χ3n) is 5.50. The fourth-order valence-electron chi connectivity index (χ4n) is 3.95. The lowest BCUT2D eigenvalue weighted by molar-refractivity contribution is -0.137. The summed E-state index contributed by atoms with van der Waals surface area (Å²) in [6, 6.07) is 3.94. The van der Waals surface area contributed by atoms with Crippen LogP contribution in [-0.4, -0.2) is 69.4 Å². The van der Waals surface area contributed by atoms with Crippen LogP contribution in [0.4, 0.5) is 0 Å². The van der Waals surface area contributed by atoms with Crippen molar-refractivity contribution in [2.45, 2.75) is 31.7 Å². The maximum atomic E-state index is 12.7. The summed E-state index contributed by atoms with van der Waals surface area (Å²) in [6.45, 7) is 2.50. The smallest absolute Gasteiger partial charge is 0.249 e. The van der Waals surface area contributed by atoms with E-state index in [0.29, 0.717) is 26.1 Å². The molecule has 2 aliphatic rings. The van der Waals surface area contributed by atoms with Crippen molar-refractivity contribution < 1.29 is 14.3 Å². The first-order valence-corrected chi connectivity index (χ1v) is 10.1. The Kier molecular flexibility index (Phi) is 6.09. The quantitative estimate of drug-likeness (QED) is 0.665. The van der Waals surface area contributed by atoms with Gasteiger partial charge in [0.25, 0.3) is 0 Å². The molecule has 0 saturated carbocycles. The second-order valence-electron chi connectivity index (χ2n) is 7.38. The molecule has 4 rings (SSSR count). The van der Waals surface area contributed by atoms with Crippen molar-refractivity contribution in [3.8, 4) is 11.1 Å². The molecule has 0 aromatic carbocycles. The van der Waals surface area contributed by atoms with E-state index in [-0.39, 0.29) is 24.5 Å². The Bertz CT molecular complexity index is 843. The number of amides is 2. The molecule has 0 N–H and O–H groups in total. The van der Waals surface area contributed by atoms with Gasteiger partial charge in [0.1, 0.15) is 12.9 Å². The minimum absolute atomic E-state index is 0.0210. The van der Waals surface area contributed by atoms with Crippen LogP contribution in [0.15, 0.2) is 37.1 Å². The van der Waals surface area contributed by atoms with Gasteiger partial charge in [-0.15, -0.1) is 0 Å². The lowest BCUT2D eigenvalue weighted by atomic mass is 10.1. The van der Waals surface area contributed by atoms with Crippen LogP contribution in [-0.2, 0) is 14.3 Å². The van der Waals surface area contributed by atoms with Gasteiger partial charge in [0.2, 0.25) is 11.8 Å². The average molecular weight is 395 g/mol. The zero-order chi connectivity index (χ0) is 20.1. The number of ether oxygens (including phenoxy) is 1. The van der Waals surface area contributed by atoms with Crippen LogP contribution in [0.1, 0.15) is 37.4 Å². The summed E-state index contributed by atoms with van der Waals surface area (Å²) in [4.78, 5) is 40.6. The van der Waals surface area contributed by atoms with Crippen LogP contribution in [0.2, 0.25) is 0 Å². The van der Waals surface area contributed by atoms with E-state index in [2.05, 4.69) is 15.0 Å². The Balaban J connectivity index is 1.31. The molecule has 8 heteroatoms. The summed E-state index contributed by atoms with van der Waals surface area (Å²) < 4.78 is 5.56. The summed E-state index contributed by atoms with van der Waals surface area (Å²) in [7, 11) is 0. The first kappa shape index (κ1) is 19.4. The van der Waals surface area contributed by atoms with Gasteiger partial charge in [-0.1, -0.05) is 6.07 Å². The van der Waals surface area contributed by atoms with E-state index in [9.17, 15) is 9.59 Å². The van der Waals surface area contributed by atoms with Crippen molar-refractivity contribution in [2.75, 3.05) is 32.8 Å². The number of nitrogens with zero attached hydrogens (tertiary/aromatic N) is 5. The molecule has 0 bridgehead atoms. The van der Waals surface area contributed by atoms with Crippen molar-refractivity contribution >= 4 is 11.8 Å². The molecule has 2 fully saturated rings. The molecule has 2 saturated heterocycles. The number of pyridine rings is 1. The van der Waals surface area contributed by atoms with Gasteiger partial charge in [-0.3, -0.25) is 14.6 Å². The Hall–Kier alpha value is -2.87. The maximum absolute atomic E-state index is 12.7. The summed E-state index contributed by atoms with van der Waals surface area (Å²) in [5.74, 6) is 0.152. The van der Waals surface area contributed by atoms with Crippen molar-refractivity contribution in [1.82, 2.24) is 24.8 Å². The SMILES string of the molecule is O=C1CCCN1CCOCC(=O)N1CCCC1c1ccc(-c2cncnc2)cn1. The number of carbonyl (C=O) groups is 2. The van der Waals surface area contributed by atoms with E-state index < -0.39 is 0 Å². The van der Waals surface area contributed by atoms with Crippen molar-refractivity contribution in [1.29, 1.82) is 0 Å². The van der Waals surface area contributed by atoms with Gasteiger partial charge in [0, 0.05) is 55.8 Å². The highest BCUT2D eigenvalue weighted by Crippen LogP contribution is 2.31. The van der Waals surface area contributed by atoms with E-state index in [4.69, 9.17) is 4.74 Å². The van der Waals surface area contributed by atoms with Crippen LogP contribution < -0.4 is 0 Å². The number of hydrogen-bond acceptors (Lipinski definition) is 6. The Labute approximate surface area is 169 Å². The van der Waals surface area contributed by atoms with Crippen LogP contribution >= 0.6 is 0 Å².